The van der Waals surface area contributed by atoms with Crippen LogP contribution in [-0.4, -0.2) is 23.1 Å². The van der Waals surface area contributed by atoms with Gasteiger partial charge in [-0.15, -0.1) is 12.4 Å². The Bertz CT molecular complexity index is 410. The second kappa shape index (κ2) is 6.23. The largest absolute Gasteiger partial charge is 0.507 e. The minimum Gasteiger partial charge on any atom is -0.507 e. The van der Waals surface area contributed by atoms with Gasteiger partial charge in [0.15, 0.2) is 0 Å². The molecule has 0 saturated carbocycles. The first-order chi connectivity index (χ1) is 7.35. The molecule has 0 unspecified atom stereocenters. The van der Waals surface area contributed by atoms with Gasteiger partial charge in [-0.05, 0) is 32.0 Å². The lowest BCUT2D eigenvalue weighted by atomic mass is 10.0. The van der Waals surface area contributed by atoms with E-state index in [1.165, 1.54) is 6.07 Å². The standard InChI is InChI=1S/C11H15BrN2O2.ClH/c1-11(2,6-13)14-10(16)8-5-7(12)3-4-9(8)15;/h3-5,15H,6,13H2,1-2H3,(H,14,16);1H. The molecular formula is C11H16BrClN2O2. The van der Waals surface area contributed by atoms with Gasteiger partial charge in [0.2, 0.25) is 0 Å². The van der Waals surface area contributed by atoms with Crippen LogP contribution >= 0.6 is 28.3 Å². The molecule has 0 fully saturated rings. The topological polar surface area (TPSA) is 75.3 Å². The van der Waals surface area contributed by atoms with Crippen molar-refractivity contribution in [3.63, 3.8) is 0 Å². The van der Waals surface area contributed by atoms with Gasteiger partial charge in [-0.2, -0.15) is 0 Å². The number of nitrogens with one attached hydrogen (secondary N) is 1. The average molecular weight is 324 g/mol. The SMILES string of the molecule is CC(C)(CN)NC(=O)c1cc(Br)ccc1O.Cl. The Morgan fingerprint density at radius 3 is 2.65 bits per heavy atom. The van der Waals surface area contributed by atoms with E-state index in [0.717, 1.165) is 4.47 Å². The molecule has 1 rings (SSSR count). The van der Waals surface area contributed by atoms with Crippen LogP contribution in [0.3, 0.4) is 0 Å². The zero-order valence-corrected chi connectivity index (χ0v) is 12.1. The van der Waals surface area contributed by atoms with Gasteiger partial charge in [0, 0.05) is 16.6 Å². The molecule has 4 nitrogen and oxygen atoms in total. The molecule has 0 aliphatic carbocycles. The van der Waals surface area contributed by atoms with Crippen molar-refractivity contribution in [2.45, 2.75) is 19.4 Å². The molecule has 0 heterocycles. The van der Waals surface area contributed by atoms with Crippen LogP contribution in [0.25, 0.3) is 0 Å². The molecule has 0 aliphatic heterocycles. The first kappa shape index (κ1) is 16.2. The van der Waals surface area contributed by atoms with Gasteiger partial charge >= 0.3 is 0 Å². The van der Waals surface area contributed by atoms with E-state index in [1.807, 2.05) is 13.8 Å². The van der Waals surface area contributed by atoms with E-state index < -0.39 is 5.54 Å². The first-order valence-corrected chi connectivity index (χ1v) is 5.66. The summed E-state index contributed by atoms with van der Waals surface area (Å²) in [6.07, 6.45) is 0. The van der Waals surface area contributed by atoms with Crippen molar-refractivity contribution in [3.05, 3.63) is 28.2 Å². The summed E-state index contributed by atoms with van der Waals surface area (Å²) >= 11 is 3.25. The summed E-state index contributed by atoms with van der Waals surface area (Å²) in [5.41, 5.74) is 5.25. The van der Waals surface area contributed by atoms with Crippen molar-refractivity contribution < 1.29 is 9.90 Å². The maximum Gasteiger partial charge on any atom is 0.255 e. The molecule has 0 spiro atoms. The number of phenolic OH excluding ortho intramolecular Hbond substituents is 1. The van der Waals surface area contributed by atoms with E-state index in [0.29, 0.717) is 6.54 Å². The Hall–Kier alpha value is -0.780. The third-order valence-corrected chi connectivity index (χ3v) is 2.66. The molecule has 0 radical (unpaired) electrons. The van der Waals surface area contributed by atoms with Gasteiger partial charge in [0.25, 0.3) is 5.91 Å². The lowest BCUT2D eigenvalue weighted by molar-refractivity contribution is 0.0913. The third kappa shape index (κ3) is 4.53. The van der Waals surface area contributed by atoms with E-state index in [4.69, 9.17) is 5.73 Å². The van der Waals surface area contributed by atoms with E-state index in [-0.39, 0.29) is 29.6 Å². The molecule has 0 bridgehead atoms. The van der Waals surface area contributed by atoms with Crippen molar-refractivity contribution in [1.82, 2.24) is 5.32 Å². The van der Waals surface area contributed by atoms with Crippen molar-refractivity contribution in [1.29, 1.82) is 0 Å². The summed E-state index contributed by atoms with van der Waals surface area (Å²) in [4.78, 5) is 11.8. The summed E-state index contributed by atoms with van der Waals surface area (Å²) < 4.78 is 0.737. The second-order valence-electron chi connectivity index (χ2n) is 4.20. The summed E-state index contributed by atoms with van der Waals surface area (Å²) in [7, 11) is 0. The fraction of sp³-hybridized carbons (Fsp3) is 0.364. The predicted octanol–water partition coefficient (Wildman–Crippen LogP) is 2.04. The van der Waals surface area contributed by atoms with Crippen LogP contribution in [-0.2, 0) is 0 Å². The number of hydrogen-bond donors (Lipinski definition) is 3. The molecule has 4 N–H and O–H groups in total. The monoisotopic (exact) mass is 322 g/mol. The van der Waals surface area contributed by atoms with Crippen LogP contribution in [0.2, 0.25) is 0 Å². The lowest BCUT2D eigenvalue weighted by Gasteiger charge is -2.24. The summed E-state index contributed by atoms with van der Waals surface area (Å²) in [6.45, 7) is 3.97. The first-order valence-electron chi connectivity index (χ1n) is 4.87. The number of halogens is 2. The summed E-state index contributed by atoms with van der Waals surface area (Å²) in [5.74, 6) is -0.386. The fourth-order valence-electron chi connectivity index (χ4n) is 1.12. The smallest absolute Gasteiger partial charge is 0.255 e. The van der Waals surface area contributed by atoms with Gasteiger partial charge in [0.1, 0.15) is 5.75 Å². The average Bonchev–Trinajstić information content (AvgIpc) is 2.21. The van der Waals surface area contributed by atoms with Gasteiger partial charge in [0.05, 0.1) is 5.56 Å². The molecule has 0 atom stereocenters. The Morgan fingerprint density at radius 2 is 2.12 bits per heavy atom. The van der Waals surface area contributed by atoms with E-state index in [1.54, 1.807) is 12.1 Å². The van der Waals surface area contributed by atoms with Gasteiger partial charge in [-0.25, -0.2) is 0 Å². The minimum absolute atomic E-state index is 0. The van der Waals surface area contributed by atoms with Crippen LogP contribution < -0.4 is 11.1 Å². The molecule has 1 aromatic rings. The molecule has 0 aliphatic rings. The number of aromatic hydroxyl groups is 1. The van der Waals surface area contributed by atoms with Crippen LogP contribution in [0.1, 0.15) is 24.2 Å². The normalized spacial score (nSPS) is 10.6. The molecule has 0 aromatic heterocycles. The van der Waals surface area contributed by atoms with E-state index >= 15 is 0 Å². The van der Waals surface area contributed by atoms with Crippen molar-refractivity contribution in [2.24, 2.45) is 5.73 Å². The van der Waals surface area contributed by atoms with Crippen LogP contribution in [0.5, 0.6) is 5.75 Å². The number of hydrogen-bond acceptors (Lipinski definition) is 3. The Labute approximate surface area is 115 Å². The molecule has 0 saturated heterocycles. The summed E-state index contributed by atoms with van der Waals surface area (Å²) in [5, 5.41) is 12.3. The van der Waals surface area contributed by atoms with E-state index in [9.17, 15) is 9.90 Å². The van der Waals surface area contributed by atoms with Crippen molar-refractivity contribution in [2.75, 3.05) is 6.54 Å². The highest BCUT2D eigenvalue weighted by atomic mass is 79.9. The Balaban J connectivity index is 0.00000256. The zero-order chi connectivity index (χ0) is 12.3. The maximum absolute atomic E-state index is 11.8. The van der Waals surface area contributed by atoms with Gasteiger partial charge in [-0.1, -0.05) is 15.9 Å². The van der Waals surface area contributed by atoms with Crippen molar-refractivity contribution >= 4 is 34.2 Å². The number of phenols is 1. The summed E-state index contributed by atoms with van der Waals surface area (Å²) in [6, 6.07) is 4.70. The molecule has 1 amide bonds. The Morgan fingerprint density at radius 1 is 1.53 bits per heavy atom. The maximum atomic E-state index is 11.8. The number of benzene rings is 1. The number of carbonyl (C=O) groups excluding carboxylic acids is 1. The van der Waals surface area contributed by atoms with Crippen molar-refractivity contribution in [3.8, 4) is 5.75 Å². The fourth-order valence-corrected chi connectivity index (χ4v) is 1.48. The molecule has 1 aromatic carbocycles. The highest BCUT2D eigenvalue weighted by molar-refractivity contribution is 9.10. The predicted molar refractivity (Wildman–Crippen MR) is 73.7 cm³/mol. The zero-order valence-electron chi connectivity index (χ0n) is 9.66. The molecule has 96 valence electrons. The highest BCUT2D eigenvalue weighted by Crippen LogP contribution is 2.22. The molecule has 17 heavy (non-hydrogen) atoms. The Kier molecular flexibility index (Phi) is 5.95. The van der Waals surface area contributed by atoms with Crippen LogP contribution in [0, 0.1) is 0 Å². The highest BCUT2D eigenvalue weighted by Gasteiger charge is 2.21. The quantitative estimate of drug-likeness (QED) is 0.797. The second-order valence-corrected chi connectivity index (χ2v) is 5.12. The van der Waals surface area contributed by atoms with E-state index in [2.05, 4.69) is 21.2 Å². The van der Waals surface area contributed by atoms with Crippen LogP contribution in [0.15, 0.2) is 22.7 Å². The number of rotatable bonds is 3. The van der Waals surface area contributed by atoms with Gasteiger partial charge < -0.3 is 16.2 Å². The third-order valence-electron chi connectivity index (χ3n) is 2.17. The molecule has 6 heteroatoms. The minimum atomic E-state index is -0.494. The lowest BCUT2D eigenvalue weighted by Crippen LogP contribution is -2.48. The number of nitrogens with two attached hydrogens (primary N) is 1. The molecular weight excluding hydrogens is 307 g/mol. The number of amides is 1. The number of carbonyl (C=O) groups is 1. The van der Waals surface area contributed by atoms with Crippen LogP contribution in [0.4, 0.5) is 0 Å². The van der Waals surface area contributed by atoms with Gasteiger partial charge in [-0.3, -0.25) is 4.79 Å².